The number of benzene rings is 2. The van der Waals surface area contributed by atoms with Gasteiger partial charge in [0.25, 0.3) is 5.91 Å². The summed E-state index contributed by atoms with van der Waals surface area (Å²) in [4.78, 5) is 47.9. The van der Waals surface area contributed by atoms with E-state index in [4.69, 9.17) is 9.47 Å². The predicted molar refractivity (Wildman–Crippen MR) is 109 cm³/mol. The molecular formula is C22H22N2O6. The largest absolute Gasteiger partial charge is 0.493 e. The number of anilines is 1. The van der Waals surface area contributed by atoms with Crippen LogP contribution in [0.4, 0.5) is 5.69 Å². The zero-order valence-electron chi connectivity index (χ0n) is 16.5. The second kappa shape index (κ2) is 9.69. The van der Waals surface area contributed by atoms with Crippen LogP contribution in [0.15, 0.2) is 42.5 Å². The fourth-order valence-electron chi connectivity index (χ4n) is 3.02. The SMILES string of the molecule is CCOc1ccccc1C(=O)NCC(=O)OCC(=O)c1ccc2c(c1)CCC(=O)N2. The Morgan fingerprint density at radius 2 is 1.90 bits per heavy atom. The van der Waals surface area contributed by atoms with Gasteiger partial charge < -0.3 is 20.1 Å². The molecule has 0 aromatic heterocycles. The molecule has 1 aliphatic rings. The van der Waals surface area contributed by atoms with E-state index in [2.05, 4.69) is 10.6 Å². The number of carbonyl (C=O) groups excluding carboxylic acids is 4. The molecule has 2 N–H and O–H groups in total. The number of carbonyl (C=O) groups is 4. The fraction of sp³-hybridized carbons (Fsp3) is 0.273. The van der Waals surface area contributed by atoms with E-state index in [0.717, 1.165) is 5.56 Å². The summed E-state index contributed by atoms with van der Waals surface area (Å²) in [7, 11) is 0. The Labute approximate surface area is 173 Å². The van der Waals surface area contributed by atoms with Crippen LogP contribution in [0, 0.1) is 0 Å². The summed E-state index contributed by atoms with van der Waals surface area (Å²) < 4.78 is 10.4. The monoisotopic (exact) mass is 410 g/mol. The van der Waals surface area contributed by atoms with Crippen molar-refractivity contribution in [3.63, 3.8) is 0 Å². The summed E-state index contributed by atoms with van der Waals surface area (Å²) >= 11 is 0. The molecule has 1 heterocycles. The van der Waals surface area contributed by atoms with Crippen LogP contribution >= 0.6 is 0 Å². The van der Waals surface area contributed by atoms with Crippen molar-refractivity contribution in [2.24, 2.45) is 0 Å². The summed E-state index contributed by atoms with van der Waals surface area (Å²) in [6.45, 7) is 1.41. The topological polar surface area (TPSA) is 111 Å². The Morgan fingerprint density at radius 1 is 1.10 bits per heavy atom. The Bertz CT molecular complexity index is 985. The molecule has 2 aromatic rings. The van der Waals surface area contributed by atoms with Crippen LogP contribution in [0.5, 0.6) is 5.75 Å². The number of fused-ring (bicyclic) bond motifs is 1. The molecule has 0 aliphatic carbocycles. The van der Waals surface area contributed by atoms with Crippen molar-refractivity contribution in [3.05, 3.63) is 59.2 Å². The van der Waals surface area contributed by atoms with Crippen molar-refractivity contribution in [1.29, 1.82) is 0 Å². The Hall–Kier alpha value is -3.68. The third kappa shape index (κ3) is 5.22. The van der Waals surface area contributed by atoms with E-state index in [9.17, 15) is 19.2 Å². The lowest BCUT2D eigenvalue weighted by molar-refractivity contribution is -0.141. The van der Waals surface area contributed by atoms with Gasteiger partial charge in [0.2, 0.25) is 5.91 Å². The molecule has 8 heteroatoms. The molecule has 2 amide bonds. The van der Waals surface area contributed by atoms with Gasteiger partial charge in [-0.1, -0.05) is 12.1 Å². The van der Waals surface area contributed by atoms with Crippen molar-refractivity contribution in [3.8, 4) is 5.75 Å². The van der Waals surface area contributed by atoms with Gasteiger partial charge in [-0.25, -0.2) is 0 Å². The number of hydrogen-bond donors (Lipinski definition) is 2. The van der Waals surface area contributed by atoms with Crippen LogP contribution in [-0.2, 0) is 20.7 Å². The molecule has 156 valence electrons. The van der Waals surface area contributed by atoms with E-state index in [1.807, 2.05) is 6.92 Å². The maximum atomic E-state index is 12.3. The van der Waals surface area contributed by atoms with Crippen LogP contribution in [0.3, 0.4) is 0 Å². The smallest absolute Gasteiger partial charge is 0.325 e. The summed E-state index contributed by atoms with van der Waals surface area (Å²) in [5, 5.41) is 5.21. The van der Waals surface area contributed by atoms with E-state index >= 15 is 0 Å². The van der Waals surface area contributed by atoms with E-state index in [1.54, 1.807) is 42.5 Å². The van der Waals surface area contributed by atoms with Crippen LogP contribution in [0.2, 0.25) is 0 Å². The van der Waals surface area contributed by atoms with Gasteiger partial charge in [0.1, 0.15) is 12.3 Å². The lowest BCUT2D eigenvalue weighted by atomic mass is 9.99. The number of para-hydroxylation sites is 1. The lowest BCUT2D eigenvalue weighted by Gasteiger charge is -2.17. The second-order valence-corrected chi connectivity index (χ2v) is 6.62. The maximum absolute atomic E-state index is 12.3. The van der Waals surface area contributed by atoms with Crippen molar-refractivity contribution in [1.82, 2.24) is 5.32 Å². The molecule has 0 bridgehead atoms. The van der Waals surface area contributed by atoms with Crippen LogP contribution in [0.25, 0.3) is 0 Å². The van der Waals surface area contributed by atoms with Crippen LogP contribution < -0.4 is 15.4 Å². The molecule has 1 aliphatic heterocycles. The summed E-state index contributed by atoms with van der Waals surface area (Å²) in [5.41, 5.74) is 2.26. The van der Waals surface area contributed by atoms with Crippen molar-refractivity contribution in [2.45, 2.75) is 19.8 Å². The van der Waals surface area contributed by atoms with Gasteiger partial charge in [0.15, 0.2) is 12.4 Å². The van der Waals surface area contributed by atoms with Gasteiger partial charge in [0.05, 0.1) is 12.2 Å². The van der Waals surface area contributed by atoms with Gasteiger partial charge in [-0.05, 0) is 49.2 Å². The van der Waals surface area contributed by atoms with E-state index in [-0.39, 0.29) is 18.2 Å². The second-order valence-electron chi connectivity index (χ2n) is 6.62. The van der Waals surface area contributed by atoms with E-state index in [0.29, 0.717) is 42.0 Å². The van der Waals surface area contributed by atoms with Gasteiger partial charge in [-0.2, -0.15) is 0 Å². The zero-order chi connectivity index (χ0) is 21.5. The van der Waals surface area contributed by atoms with Gasteiger partial charge in [-0.15, -0.1) is 0 Å². The highest BCUT2D eigenvalue weighted by atomic mass is 16.5. The first-order valence-electron chi connectivity index (χ1n) is 9.59. The number of ketones is 1. The number of ether oxygens (including phenoxy) is 2. The molecule has 0 atom stereocenters. The quantitative estimate of drug-likeness (QED) is 0.510. The number of Topliss-reactive ketones (excluding diaryl/α,β-unsaturated/α-hetero) is 1. The highest BCUT2D eigenvalue weighted by Crippen LogP contribution is 2.23. The number of aryl methyl sites for hydroxylation is 1. The summed E-state index contributed by atoms with van der Waals surface area (Å²) in [6, 6.07) is 11.6. The van der Waals surface area contributed by atoms with E-state index < -0.39 is 18.5 Å². The minimum Gasteiger partial charge on any atom is -0.493 e. The number of nitrogens with one attached hydrogen (secondary N) is 2. The molecule has 0 spiro atoms. The van der Waals surface area contributed by atoms with Gasteiger partial charge in [-0.3, -0.25) is 19.2 Å². The molecule has 0 saturated carbocycles. The molecule has 0 fully saturated rings. The molecular weight excluding hydrogens is 388 g/mol. The third-order valence-corrected chi connectivity index (χ3v) is 4.51. The summed E-state index contributed by atoms with van der Waals surface area (Å²) in [6.07, 6.45) is 0.920. The number of amides is 2. The predicted octanol–water partition coefficient (Wildman–Crippen LogP) is 2.13. The standard InChI is InChI=1S/C22H22N2O6/c1-2-29-19-6-4-3-5-16(19)22(28)23-12-21(27)30-13-18(25)15-7-9-17-14(11-15)8-10-20(26)24-17/h3-7,9,11H,2,8,10,12-13H2,1H3,(H,23,28)(H,24,26). The zero-order valence-corrected chi connectivity index (χ0v) is 16.5. The highest BCUT2D eigenvalue weighted by molar-refractivity contribution is 6.01. The fourth-order valence-corrected chi connectivity index (χ4v) is 3.02. The minimum atomic E-state index is -0.726. The molecule has 2 aromatic carbocycles. The Morgan fingerprint density at radius 3 is 2.70 bits per heavy atom. The van der Waals surface area contributed by atoms with Crippen molar-refractivity contribution < 1.29 is 28.7 Å². The number of hydrogen-bond acceptors (Lipinski definition) is 6. The first-order valence-corrected chi connectivity index (χ1v) is 9.59. The number of esters is 1. The average Bonchev–Trinajstić information content (AvgIpc) is 2.76. The van der Waals surface area contributed by atoms with Gasteiger partial charge in [0, 0.05) is 17.7 Å². The maximum Gasteiger partial charge on any atom is 0.325 e. The molecule has 0 unspecified atom stereocenters. The van der Waals surface area contributed by atoms with Crippen molar-refractivity contribution in [2.75, 3.05) is 25.1 Å². The van der Waals surface area contributed by atoms with Crippen molar-refractivity contribution >= 4 is 29.3 Å². The van der Waals surface area contributed by atoms with E-state index in [1.165, 1.54) is 0 Å². The summed E-state index contributed by atoms with van der Waals surface area (Å²) in [5.74, 6) is -1.20. The minimum absolute atomic E-state index is 0.0542. The first kappa shape index (κ1) is 21.0. The Balaban J connectivity index is 1.49. The molecule has 3 rings (SSSR count). The highest BCUT2D eigenvalue weighted by Gasteiger charge is 2.18. The lowest BCUT2D eigenvalue weighted by Crippen LogP contribution is -2.31. The third-order valence-electron chi connectivity index (χ3n) is 4.51. The first-order chi connectivity index (χ1) is 14.5. The van der Waals surface area contributed by atoms with Crippen LogP contribution in [0.1, 0.15) is 39.6 Å². The number of rotatable bonds is 8. The normalized spacial score (nSPS) is 12.4. The molecule has 30 heavy (non-hydrogen) atoms. The molecule has 0 saturated heterocycles. The Kier molecular flexibility index (Phi) is 6.79. The molecule has 8 nitrogen and oxygen atoms in total. The van der Waals surface area contributed by atoms with Gasteiger partial charge >= 0.3 is 5.97 Å². The van der Waals surface area contributed by atoms with Crippen LogP contribution in [-0.4, -0.2) is 43.3 Å². The average molecular weight is 410 g/mol. The molecule has 0 radical (unpaired) electrons.